The Hall–Kier alpha value is -2.57. The number of nitrogens with zero attached hydrogens (tertiary/aromatic N) is 1. The van der Waals surface area contributed by atoms with Gasteiger partial charge in [-0.1, -0.05) is 42.5 Å². The largest absolute Gasteiger partial charge is 0.481 e. The van der Waals surface area contributed by atoms with Crippen molar-refractivity contribution in [1.82, 2.24) is 0 Å². The average molecular weight is 399 g/mol. The molecule has 2 aromatic rings. The van der Waals surface area contributed by atoms with Crippen LogP contribution in [-0.4, -0.2) is 38.0 Å². The summed E-state index contributed by atoms with van der Waals surface area (Å²) in [6.07, 6.45) is 0.260. The lowest BCUT2D eigenvalue weighted by Crippen LogP contribution is -2.49. The molecule has 1 aliphatic rings. The fraction of sp³-hybridized carbons (Fsp3) is 0.435. The summed E-state index contributed by atoms with van der Waals surface area (Å²) in [6, 6.07) is 18.0. The standard InChI is InChI=1S/C23H30N2O4/c1-3-27-22(28-4-2)16-25-18-12-8-9-13-20(18)29-23(17-10-6-5-7-11-17)19(25)14-15-21(24)26/h5-13,19,22-23H,3-4,14-16H2,1-2H3,(H2,24,26). The van der Waals surface area contributed by atoms with Gasteiger partial charge in [0.25, 0.3) is 0 Å². The Morgan fingerprint density at radius 3 is 2.38 bits per heavy atom. The molecule has 0 radical (unpaired) electrons. The van der Waals surface area contributed by atoms with E-state index in [0.29, 0.717) is 26.2 Å². The molecule has 2 unspecified atom stereocenters. The quantitative estimate of drug-likeness (QED) is 0.618. The molecule has 0 saturated carbocycles. The zero-order valence-corrected chi connectivity index (χ0v) is 17.1. The second-order valence-corrected chi connectivity index (χ2v) is 6.98. The minimum Gasteiger partial charge on any atom is -0.481 e. The van der Waals surface area contributed by atoms with Gasteiger partial charge >= 0.3 is 0 Å². The van der Waals surface area contributed by atoms with Gasteiger partial charge in [-0.2, -0.15) is 0 Å². The molecule has 0 fully saturated rings. The topological polar surface area (TPSA) is 74.0 Å². The number of carbonyl (C=O) groups excluding carboxylic acids is 1. The van der Waals surface area contributed by atoms with Crippen LogP contribution < -0.4 is 15.4 Å². The maximum Gasteiger partial charge on any atom is 0.217 e. The lowest BCUT2D eigenvalue weighted by Gasteiger charge is -2.44. The summed E-state index contributed by atoms with van der Waals surface area (Å²) in [4.78, 5) is 13.8. The van der Waals surface area contributed by atoms with Crippen molar-refractivity contribution in [1.29, 1.82) is 0 Å². The first kappa shape index (κ1) is 21.1. The van der Waals surface area contributed by atoms with E-state index in [4.69, 9.17) is 19.9 Å². The van der Waals surface area contributed by atoms with Gasteiger partial charge in [0, 0.05) is 19.6 Å². The maximum absolute atomic E-state index is 11.6. The number of carbonyl (C=O) groups is 1. The molecular weight excluding hydrogens is 368 g/mol. The van der Waals surface area contributed by atoms with E-state index in [2.05, 4.69) is 17.0 Å². The molecule has 1 aliphatic heterocycles. The zero-order valence-electron chi connectivity index (χ0n) is 17.1. The number of amides is 1. The van der Waals surface area contributed by atoms with Gasteiger partial charge in [0.05, 0.1) is 18.3 Å². The molecule has 6 nitrogen and oxygen atoms in total. The molecule has 0 spiro atoms. The van der Waals surface area contributed by atoms with Crippen molar-refractivity contribution in [2.45, 2.75) is 45.1 Å². The summed E-state index contributed by atoms with van der Waals surface area (Å²) in [6.45, 7) is 5.57. The van der Waals surface area contributed by atoms with Crippen LogP contribution in [0.15, 0.2) is 54.6 Å². The summed E-state index contributed by atoms with van der Waals surface area (Å²) >= 11 is 0. The third kappa shape index (κ3) is 5.28. The van der Waals surface area contributed by atoms with Gasteiger partial charge in [-0.25, -0.2) is 0 Å². The second kappa shape index (κ2) is 10.3. The number of hydrogen-bond acceptors (Lipinski definition) is 5. The molecule has 0 bridgehead atoms. The molecule has 0 aromatic heterocycles. The van der Waals surface area contributed by atoms with Crippen LogP contribution >= 0.6 is 0 Å². The molecule has 2 aromatic carbocycles. The monoisotopic (exact) mass is 398 g/mol. The summed E-state index contributed by atoms with van der Waals surface area (Å²) < 4.78 is 18.1. The zero-order chi connectivity index (χ0) is 20.6. The van der Waals surface area contributed by atoms with Gasteiger partial charge in [0.2, 0.25) is 5.91 Å². The third-order valence-corrected chi connectivity index (χ3v) is 5.04. The summed E-state index contributed by atoms with van der Waals surface area (Å²) in [5, 5.41) is 0. The Balaban J connectivity index is 1.99. The summed E-state index contributed by atoms with van der Waals surface area (Å²) in [5.74, 6) is 0.491. The van der Waals surface area contributed by atoms with Gasteiger partial charge in [-0.15, -0.1) is 0 Å². The highest BCUT2D eigenvalue weighted by atomic mass is 16.7. The predicted octanol–water partition coefficient (Wildman–Crippen LogP) is 3.66. The molecule has 2 N–H and O–H groups in total. The lowest BCUT2D eigenvalue weighted by molar-refractivity contribution is -0.131. The van der Waals surface area contributed by atoms with Crippen molar-refractivity contribution < 1.29 is 19.0 Å². The van der Waals surface area contributed by atoms with Crippen molar-refractivity contribution >= 4 is 11.6 Å². The number of fused-ring (bicyclic) bond motifs is 1. The fourth-order valence-electron chi connectivity index (χ4n) is 3.80. The predicted molar refractivity (Wildman–Crippen MR) is 113 cm³/mol. The number of para-hydroxylation sites is 2. The van der Waals surface area contributed by atoms with Crippen LogP contribution in [0.1, 0.15) is 38.4 Å². The van der Waals surface area contributed by atoms with E-state index >= 15 is 0 Å². The van der Waals surface area contributed by atoms with Crippen LogP contribution in [0, 0.1) is 0 Å². The number of nitrogens with two attached hydrogens (primary N) is 1. The summed E-state index contributed by atoms with van der Waals surface area (Å²) in [5.41, 5.74) is 7.51. The molecule has 1 heterocycles. The van der Waals surface area contributed by atoms with Crippen molar-refractivity contribution in [3.63, 3.8) is 0 Å². The molecule has 0 saturated heterocycles. The van der Waals surface area contributed by atoms with Crippen LogP contribution in [0.4, 0.5) is 5.69 Å². The Morgan fingerprint density at radius 2 is 1.72 bits per heavy atom. The molecule has 156 valence electrons. The normalized spacial score (nSPS) is 18.4. The van der Waals surface area contributed by atoms with E-state index in [9.17, 15) is 4.79 Å². The summed E-state index contributed by atoms with van der Waals surface area (Å²) in [7, 11) is 0. The fourth-order valence-corrected chi connectivity index (χ4v) is 3.80. The van der Waals surface area contributed by atoms with Gasteiger partial charge < -0.3 is 24.8 Å². The number of primary amides is 1. The Kier molecular flexibility index (Phi) is 7.49. The molecule has 2 atom stereocenters. The van der Waals surface area contributed by atoms with Crippen molar-refractivity contribution in [2.24, 2.45) is 5.73 Å². The van der Waals surface area contributed by atoms with Gasteiger partial charge in [0.15, 0.2) is 6.29 Å². The maximum atomic E-state index is 11.6. The second-order valence-electron chi connectivity index (χ2n) is 6.98. The van der Waals surface area contributed by atoms with Crippen molar-refractivity contribution in [3.05, 3.63) is 60.2 Å². The van der Waals surface area contributed by atoms with E-state index in [-0.39, 0.29) is 30.8 Å². The van der Waals surface area contributed by atoms with Crippen LogP contribution in [-0.2, 0) is 14.3 Å². The van der Waals surface area contributed by atoms with Gasteiger partial charge in [-0.3, -0.25) is 4.79 Å². The molecule has 3 rings (SSSR count). The molecule has 1 amide bonds. The highest BCUT2D eigenvalue weighted by Crippen LogP contribution is 2.43. The first-order valence-corrected chi connectivity index (χ1v) is 10.2. The number of anilines is 1. The highest BCUT2D eigenvalue weighted by molar-refractivity contribution is 5.74. The van der Waals surface area contributed by atoms with Gasteiger partial charge in [-0.05, 0) is 38.0 Å². The number of hydrogen-bond donors (Lipinski definition) is 1. The first-order chi connectivity index (χ1) is 14.1. The highest BCUT2D eigenvalue weighted by Gasteiger charge is 2.38. The third-order valence-electron chi connectivity index (χ3n) is 5.04. The van der Waals surface area contributed by atoms with E-state index in [1.165, 1.54) is 0 Å². The van der Waals surface area contributed by atoms with Crippen molar-refractivity contribution in [3.8, 4) is 5.75 Å². The molecule has 29 heavy (non-hydrogen) atoms. The Labute approximate surface area is 172 Å². The molecule has 0 aliphatic carbocycles. The molecular formula is C23H30N2O4. The Bertz CT molecular complexity index is 777. The van der Waals surface area contributed by atoms with Crippen molar-refractivity contribution in [2.75, 3.05) is 24.7 Å². The van der Waals surface area contributed by atoms with Gasteiger partial charge in [0.1, 0.15) is 11.9 Å². The first-order valence-electron chi connectivity index (χ1n) is 10.2. The van der Waals surface area contributed by atoms with Crippen LogP contribution in [0.2, 0.25) is 0 Å². The SMILES string of the molecule is CCOC(CN1c2ccccc2OC(c2ccccc2)C1CCC(N)=O)OCC. The minimum absolute atomic E-state index is 0.0804. The smallest absolute Gasteiger partial charge is 0.217 e. The lowest BCUT2D eigenvalue weighted by atomic mass is 9.94. The minimum atomic E-state index is -0.372. The number of benzene rings is 2. The number of ether oxygens (including phenoxy) is 3. The van der Waals surface area contributed by atoms with Crippen LogP contribution in [0.3, 0.4) is 0 Å². The van der Waals surface area contributed by atoms with E-state index in [0.717, 1.165) is 17.0 Å². The number of rotatable bonds is 10. The molecule has 6 heteroatoms. The van der Waals surface area contributed by atoms with E-state index < -0.39 is 0 Å². The average Bonchev–Trinajstić information content (AvgIpc) is 2.73. The van der Waals surface area contributed by atoms with E-state index in [1.54, 1.807) is 0 Å². The van der Waals surface area contributed by atoms with E-state index in [1.807, 2.05) is 56.3 Å². The van der Waals surface area contributed by atoms with Crippen LogP contribution in [0.25, 0.3) is 0 Å². The van der Waals surface area contributed by atoms with Crippen LogP contribution in [0.5, 0.6) is 5.75 Å². The Morgan fingerprint density at radius 1 is 1.07 bits per heavy atom.